The van der Waals surface area contributed by atoms with E-state index in [0.717, 1.165) is 6.04 Å². The molecule has 1 saturated carbocycles. The Morgan fingerprint density at radius 3 is 2.00 bits per heavy atom. The molecule has 0 saturated heterocycles. The Morgan fingerprint density at radius 2 is 1.47 bits per heavy atom. The van der Waals surface area contributed by atoms with Gasteiger partial charge in [-0.05, 0) is 45.8 Å². The molecule has 0 bridgehead atoms. The summed E-state index contributed by atoms with van der Waals surface area (Å²) in [5, 5.41) is 3.61. The highest BCUT2D eigenvalue weighted by Crippen LogP contribution is 2.22. The van der Waals surface area contributed by atoms with Crippen LogP contribution in [0.3, 0.4) is 0 Å². The lowest BCUT2D eigenvalue weighted by molar-refractivity contribution is 0.132. The van der Waals surface area contributed by atoms with Crippen LogP contribution in [0.1, 0.15) is 78.1 Å². The molecular formula is C17H36N2. The molecule has 1 N–H and O–H groups in total. The summed E-state index contributed by atoms with van der Waals surface area (Å²) in [7, 11) is 2.16. The maximum absolute atomic E-state index is 3.61. The molecule has 0 aromatic carbocycles. The van der Waals surface area contributed by atoms with Crippen LogP contribution in [0, 0.1) is 0 Å². The largest absolute Gasteiger partial charge is 0.315 e. The van der Waals surface area contributed by atoms with E-state index in [1.54, 1.807) is 0 Å². The van der Waals surface area contributed by atoms with E-state index >= 15 is 0 Å². The van der Waals surface area contributed by atoms with Crippen molar-refractivity contribution in [3.63, 3.8) is 0 Å². The van der Waals surface area contributed by atoms with Crippen LogP contribution in [0.2, 0.25) is 0 Å². The summed E-state index contributed by atoms with van der Waals surface area (Å²) in [6, 6.07) is 1.50. The van der Waals surface area contributed by atoms with Crippen molar-refractivity contribution in [1.82, 2.24) is 10.2 Å². The van der Waals surface area contributed by atoms with Gasteiger partial charge in [0.15, 0.2) is 0 Å². The first-order valence-electron chi connectivity index (χ1n) is 8.74. The molecule has 1 rings (SSSR count). The molecular weight excluding hydrogens is 232 g/mol. The molecule has 1 fully saturated rings. The molecule has 2 unspecified atom stereocenters. The van der Waals surface area contributed by atoms with E-state index in [1.807, 2.05) is 0 Å². The normalized spacial score (nSPS) is 25.3. The highest BCUT2D eigenvalue weighted by atomic mass is 15.2. The Kier molecular flexibility index (Phi) is 9.54. The number of likely N-dealkylation sites (N-methyl/N-ethyl adjacent to an activating group) is 1. The predicted molar refractivity (Wildman–Crippen MR) is 85.7 cm³/mol. The van der Waals surface area contributed by atoms with Crippen LogP contribution in [-0.4, -0.2) is 37.1 Å². The first-order chi connectivity index (χ1) is 9.33. The van der Waals surface area contributed by atoms with Gasteiger partial charge < -0.3 is 5.32 Å². The molecule has 2 atom stereocenters. The second kappa shape index (κ2) is 10.7. The van der Waals surface area contributed by atoms with Crippen LogP contribution in [0.25, 0.3) is 0 Å². The predicted octanol–water partition coefficient (Wildman–Crippen LogP) is 4.20. The van der Waals surface area contributed by atoms with Crippen molar-refractivity contribution in [1.29, 1.82) is 0 Å². The van der Waals surface area contributed by atoms with Gasteiger partial charge in [-0.3, -0.25) is 4.90 Å². The number of hydrogen-bond donors (Lipinski definition) is 1. The maximum atomic E-state index is 3.61. The highest BCUT2D eigenvalue weighted by molar-refractivity contribution is 4.85. The second-order valence-corrected chi connectivity index (χ2v) is 6.20. The van der Waals surface area contributed by atoms with Gasteiger partial charge >= 0.3 is 0 Å². The minimum absolute atomic E-state index is 0.717. The number of hydrogen-bond acceptors (Lipinski definition) is 2. The summed E-state index contributed by atoms with van der Waals surface area (Å²) in [6.07, 6.45) is 13.9. The molecule has 1 aliphatic carbocycles. The van der Waals surface area contributed by atoms with Crippen LogP contribution in [-0.2, 0) is 0 Å². The van der Waals surface area contributed by atoms with Crippen LogP contribution in [0.15, 0.2) is 0 Å². The molecule has 0 radical (unpaired) electrons. The monoisotopic (exact) mass is 268 g/mol. The third-order valence-electron chi connectivity index (χ3n) is 4.67. The Labute approximate surface area is 121 Å². The van der Waals surface area contributed by atoms with Crippen molar-refractivity contribution < 1.29 is 0 Å². The molecule has 0 aromatic heterocycles. The first kappa shape index (κ1) is 17.0. The lowest BCUT2D eigenvalue weighted by Crippen LogP contribution is -2.50. The summed E-state index contributed by atoms with van der Waals surface area (Å²) in [6.45, 7) is 7.23. The van der Waals surface area contributed by atoms with Crippen LogP contribution < -0.4 is 5.32 Å². The van der Waals surface area contributed by atoms with Gasteiger partial charge in [-0.25, -0.2) is 0 Å². The van der Waals surface area contributed by atoms with Gasteiger partial charge in [-0.1, -0.05) is 52.4 Å². The average Bonchev–Trinajstić information content (AvgIpc) is 2.40. The van der Waals surface area contributed by atoms with Gasteiger partial charge in [0.05, 0.1) is 0 Å². The highest BCUT2D eigenvalue weighted by Gasteiger charge is 2.26. The summed E-state index contributed by atoms with van der Waals surface area (Å²) >= 11 is 0. The third kappa shape index (κ3) is 6.27. The van der Waals surface area contributed by atoms with Gasteiger partial charge in [0.25, 0.3) is 0 Å². The third-order valence-corrected chi connectivity index (χ3v) is 4.67. The Balaban J connectivity index is 2.62. The topological polar surface area (TPSA) is 15.3 Å². The molecule has 0 spiro atoms. The first-order valence-corrected chi connectivity index (χ1v) is 8.74. The van der Waals surface area contributed by atoms with E-state index in [9.17, 15) is 0 Å². The van der Waals surface area contributed by atoms with Gasteiger partial charge in [0.2, 0.25) is 0 Å². The van der Waals surface area contributed by atoms with Gasteiger partial charge in [0, 0.05) is 12.1 Å². The Morgan fingerprint density at radius 1 is 0.895 bits per heavy atom. The molecule has 0 aliphatic heterocycles. The van der Waals surface area contributed by atoms with Crippen LogP contribution >= 0.6 is 0 Å². The Hall–Kier alpha value is -0.0800. The molecule has 2 nitrogen and oxygen atoms in total. The molecule has 1 aliphatic rings. The van der Waals surface area contributed by atoms with Crippen molar-refractivity contribution in [3.05, 3.63) is 0 Å². The maximum Gasteiger partial charge on any atom is 0.0249 e. The standard InChI is InChI=1S/C17H36N2/c1-4-6-14-19(15-7-5-2)17-13-11-9-8-10-12-16(17)18-3/h16-18H,4-15H2,1-3H3. The van der Waals surface area contributed by atoms with Crippen LogP contribution in [0.5, 0.6) is 0 Å². The summed E-state index contributed by atoms with van der Waals surface area (Å²) < 4.78 is 0. The van der Waals surface area contributed by atoms with Crippen LogP contribution in [0.4, 0.5) is 0 Å². The molecule has 0 aromatic rings. The lowest BCUT2D eigenvalue weighted by atomic mass is 9.91. The quantitative estimate of drug-likeness (QED) is 0.710. The SMILES string of the molecule is CCCCN(CCCC)C1CCCCCCC1NC. The minimum Gasteiger partial charge on any atom is -0.315 e. The Bertz CT molecular complexity index is 197. The van der Waals surface area contributed by atoms with E-state index in [1.165, 1.54) is 77.3 Å². The zero-order valence-corrected chi connectivity index (χ0v) is 13.6. The molecule has 0 heterocycles. The van der Waals surface area contributed by atoms with Crippen molar-refractivity contribution in [2.75, 3.05) is 20.1 Å². The lowest BCUT2D eigenvalue weighted by Gasteiger charge is -2.38. The fraction of sp³-hybridized carbons (Fsp3) is 1.00. The molecule has 2 heteroatoms. The van der Waals surface area contributed by atoms with E-state index in [2.05, 4.69) is 31.1 Å². The van der Waals surface area contributed by atoms with E-state index in [4.69, 9.17) is 0 Å². The fourth-order valence-electron chi connectivity index (χ4n) is 3.40. The van der Waals surface area contributed by atoms with Gasteiger partial charge in [-0.2, -0.15) is 0 Å². The summed E-state index contributed by atoms with van der Waals surface area (Å²) in [5.74, 6) is 0. The summed E-state index contributed by atoms with van der Waals surface area (Å²) in [4.78, 5) is 2.81. The molecule has 114 valence electrons. The average molecular weight is 268 g/mol. The van der Waals surface area contributed by atoms with Crippen molar-refractivity contribution in [2.45, 2.75) is 90.1 Å². The number of rotatable bonds is 8. The van der Waals surface area contributed by atoms with E-state index < -0.39 is 0 Å². The molecule has 19 heavy (non-hydrogen) atoms. The molecule has 0 amide bonds. The van der Waals surface area contributed by atoms with Crippen molar-refractivity contribution in [3.8, 4) is 0 Å². The van der Waals surface area contributed by atoms with Gasteiger partial charge in [0.1, 0.15) is 0 Å². The smallest absolute Gasteiger partial charge is 0.0249 e. The summed E-state index contributed by atoms with van der Waals surface area (Å²) in [5.41, 5.74) is 0. The van der Waals surface area contributed by atoms with Gasteiger partial charge in [-0.15, -0.1) is 0 Å². The zero-order chi connectivity index (χ0) is 13.9. The number of nitrogens with zero attached hydrogens (tertiary/aromatic N) is 1. The fourth-order valence-corrected chi connectivity index (χ4v) is 3.40. The van der Waals surface area contributed by atoms with E-state index in [-0.39, 0.29) is 0 Å². The second-order valence-electron chi connectivity index (χ2n) is 6.20. The van der Waals surface area contributed by atoms with Crippen molar-refractivity contribution in [2.24, 2.45) is 0 Å². The number of nitrogens with one attached hydrogen (secondary N) is 1. The minimum atomic E-state index is 0.717. The van der Waals surface area contributed by atoms with E-state index in [0.29, 0.717) is 6.04 Å². The number of unbranched alkanes of at least 4 members (excludes halogenated alkanes) is 2. The van der Waals surface area contributed by atoms with Crippen molar-refractivity contribution >= 4 is 0 Å². The zero-order valence-electron chi connectivity index (χ0n) is 13.6.